The summed E-state index contributed by atoms with van der Waals surface area (Å²) in [5.41, 5.74) is 0.426. The Balaban J connectivity index is 1.06. The lowest BCUT2D eigenvalue weighted by molar-refractivity contribution is -0.386. The molecule has 4 saturated carbocycles. The highest BCUT2D eigenvalue weighted by molar-refractivity contribution is 5.88. The van der Waals surface area contributed by atoms with Crippen molar-refractivity contribution in [1.29, 1.82) is 0 Å². The second-order valence-corrected chi connectivity index (χ2v) is 23.2. The Bertz CT molecular complexity index is 1840. The lowest BCUT2D eigenvalue weighted by Crippen LogP contribution is -2.68. The first-order chi connectivity index (χ1) is 29.6. The molecule has 0 amide bonds. The number of carbonyl (C=O) groups is 2. The van der Waals surface area contributed by atoms with E-state index >= 15 is 4.79 Å². The van der Waals surface area contributed by atoms with Crippen molar-refractivity contribution >= 4 is 11.8 Å². The smallest absolute Gasteiger partial charge is 0.335 e. The fourth-order valence-corrected chi connectivity index (χ4v) is 14.6. The number of fused-ring (bicyclic) bond motifs is 6. The molecule has 17 nitrogen and oxygen atoms in total. The SMILES string of the molecule is C[C@H]1O[C@@H](O[C@H]2[C@@H](O[C@@H]3[C@@H](O[C@H]4CC[C@@]5(C)[C@H](CC[C@]6(C)[C@@H]5C(=O)CC5=C7CC(C)(C)C[C@H](O)[C@]7(C)CC[C@]56C)C4(C)C)O[C@@H](C(=O)O)[C@H](O)[C@H]3O)OC[C@H](O)[C@@H]2O)[C@H](O)[C@H](O)[C@@H]1O. The molecule has 3 aliphatic heterocycles. The Labute approximate surface area is 375 Å². The first-order valence-electron chi connectivity index (χ1n) is 23.4. The first kappa shape index (κ1) is 48.8. The van der Waals surface area contributed by atoms with Crippen LogP contribution in [0.2, 0.25) is 0 Å². The maximum atomic E-state index is 15.0. The fraction of sp³-hybridized carbons (Fsp3) is 0.915. The third kappa shape index (κ3) is 7.40. The molecule has 8 aliphatic rings. The van der Waals surface area contributed by atoms with Crippen molar-refractivity contribution in [3.05, 3.63) is 11.1 Å². The number of carboxylic acid groups (broad SMARTS) is 1. The minimum Gasteiger partial charge on any atom is -0.479 e. The minimum absolute atomic E-state index is 0.0362. The summed E-state index contributed by atoms with van der Waals surface area (Å²) < 4.78 is 36.1. The average Bonchev–Trinajstić information content (AvgIpc) is 3.20. The van der Waals surface area contributed by atoms with Crippen LogP contribution in [0, 0.1) is 44.3 Å². The van der Waals surface area contributed by atoms with E-state index in [1.807, 2.05) is 0 Å². The molecular weight excluding hydrogens is 837 g/mol. The summed E-state index contributed by atoms with van der Waals surface area (Å²) in [6.07, 6.45) is -18.1. The molecule has 5 aliphatic carbocycles. The first-order valence-corrected chi connectivity index (χ1v) is 23.4. The number of aliphatic hydroxyl groups is 8. The van der Waals surface area contributed by atoms with E-state index in [1.165, 1.54) is 18.1 Å². The van der Waals surface area contributed by atoms with Crippen LogP contribution in [0.5, 0.6) is 0 Å². The lowest BCUT2D eigenvalue weighted by atomic mass is 9.33. The second kappa shape index (κ2) is 16.5. The van der Waals surface area contributed by atoms with Crippen LogP contribution in [-0.4, -0.2) is 163 Å². The van der Waals surface area contributed by atoms with Crippen molar-refractivity contribution < 1.29 is 84.0 Å². The van der Waals surface area contributed by atoms with Crippen LogP contribution in [-0.2, 0) is 38.0 Å². The van der Waals surface area contributed by atoms with E-state index in [2.05, 4.69) is 55.4 Å². The standard InChI is InChI=1S/C47H74O17/c1-20-28(51)30(53)33(56)39(60-20)63-35-29(52)24(49)19-59-40(35)64-36-32(55)31(54)34(38(57)58)62-41(36)61-27-11-12-45(7)25(43(27,4)5)10-13-47(9)37(45)23(48)16-21-22-17-42(2,3)18-26(50)44(22,6)14-15-46(21,47)8/h20,24-37,39-41,49-56H,10-19H2,1-9H3,(H,57,58)/t20-,24+,25-,26+,27+,28-,29+,30-,31-,32-,33-,34-,35-,36+,37-,39+,40-,41+,44-,45+,46-,47-/m1/s1. The van der Waals surface area contributed by atoms with Crippen molar-refractivity contribution in [1.82, 2.24) is 0 Å². The van der Waals surface area contributed by atoms with Crippen molar-refractivity contribution in [2.45, 2.75) is 218 Å². The molecule has 0 aromatic rings. The average molecular weight is 911 g/mol. The molecule has 0 bridgehead atoms. The van der Waals surface area contributed by atoms with Gasteiger partial charge in [0, 0.05) is 17.8 Å². The maximum Gasteiger partial charge on any atom is 0.335 e. The number of ketones is 1. The summed E-state index contributed by atoms with van der Waals surface area (Å²) in [5.74, 6) is -1.61. The van der Waals surface area contributed by atoms with Gasteiger partial charge in [-0.2, -0.15) is 0 Å². The van der Waals surface area contributed by atoms with Crippen LogP contribution >= 0.6 is 0 Å². The van der Waals surface area contributed by atoms with Gasteiger partial charge in [-0.05, 0) is 91.3 Å². The van der Waals surface area contributed by atoms with Gasteiger partial charge >= 0.3 is 5.97 Å². The van der Waals surface area contributed by atoms with Gasteiger partial charge < -0.3 is 74.4 Å². The zero-order valence-corrected chi connectivity index (χ0v) is 38.8. The van der Waals surface area contributed by atoms with Gasteiger partial charge in [0.15, 0.2) is 25.0 Å². The molecule has 0 unspecified atom stereocenters. The van der Waals surface area contributed by atoms with Crippen LogP contribution < -0.4 is 0 Å². The van der Waals surface area contributed by atoms with E-state index in [0.29, 0.717) is 19.3 Å². The topological polar surface area (TPSA) is 272 Å². The van der Waals surface area contributed by atoms with Crippen LogP contribution in [0.1, 0.15) is 120 Å². The number of hydrogen-bond acceptors (Lipinski definition) is 16. The second-order valence-electron chi connectivity index (χ2n) is 23.2. The number of carbonyl (C=O) groups excluding carboxylic acids is 1. The number of Topliss-reactive ketones (excluding diaryl/α,β-unsaturated/α-hetero) is 1. The lowest BCUT2D eigenvalue weighted by Gasteiger charge is -2.70. The quantitative estimate of drug-likeness (QED) is 0.130. The molecule has 0 spiro atoms. The molecule has 64 heavy (non-hydrogen) atoms. The van der Waals surface area contributed by atoms with Gasteiger partial charge in [-0.25, -0.2) is 4.79 Å². The molecule has 364 valence electrons. The van der Waals surface area contributed by atoms with Gasteiger partial charge in [-0.1, -0.05) is 66.5 Å². The molecule has 0 aromatic heterocycles. The monoisotopic (exact) mass is 910 g/mol. The Kier molecular flexibility index (Phi) is 12.6. The summed E-state index contributed by atoms with van der Waals surface area (Å²) in [6, 6.07) is 0. The number of allylic oxidation sites excluding steroid dienone is 1. The van der Waals surface area contributed by atoms with E-state index in [0.717, 1.165) is 38.5 Å². The number of rotatable bonds is 7. The van der Waals surface area contributed by atoms with E-state index in [-0.39, 0.29) is 39.3 Å². The molecule has 0 aromatic carbocycles. The number of ether oxygens (including phenoxy) is 6. The molecule has 7 fully saturated rings. The van der Waals surface area contributed by atoms with E-state index in [9.17, 15) is 50.8 Å². The molecule has 17 heteroatoms. The van der Waals surface area contributed by atoms with Crippen LogP contribution in [0.25, 0.3) is 0 Å². The molecule has 9 N–H and O–H groups in total. The zero-order chi connectivity index (χ0) is 47.0. The number of carboxylic acids is 1. The third-order valence-electron chi connectivity index (χ3n) is 18.6. The highest BCUT2D eigenvalue weighted by atomic mass is 16.8. The van der Waals surface area contributed by atoms with E-state index < -0.39 is 122 Å². The van der Waals surface area contributed by atoms with Gasteiger partial charge in [0.1, 0.15) is 60.7 Å². The molecule has 22 atom stereocenters. The predicted octanol–water partition coefficient (Wildman–Crippen LogP) is 1.69. The fourth-order valence-electron chi connectivity index (χ4n) is 14.6. The highest BCUT2D eigenvalue weighted by Crippen LogP contribution is 2.75. The normalized spacial score (nSPS) is 53.7. The summed E-state index contributed by atoms with van der Waals surface area (Å²) in [4.78, 5) is 27.4. The third-order valence-corrected chi connectivity index (χ3v) is 18.6. The minimum atomic E-state index is -2.00. The van der Waals surface area contributed by atoms with Crippen LogP contribution in [0.15, 0.2) is 11.1 Å². The molecular formula is C47H74O17. The van der Waals surface area contributed by atoms with Crippen molar-refractivity contribution in [3.63, 3.8) is 0 Å². The van der Waals surface area contributed by atoms with Crippen LogP contribution in [0.4, 0.5) is 0 Å². The van der Waals surface area contributed by atoms with Crippen molar-refractivity contribution in [2.24, 2.45) is 44.3 Å². The van der Waals surface area contributed by atoms with Crippen molar-refractivity contribution in [2.75, 3.05) is 6.61 Å². The predicted molar refractivity (Wildman–Crippen MR) is 224 cm³/mol. The number of aliphatic hydroxyl groups excluding tert-OH is 8. The number of hydrogen-bond donors (Lipinski definition) is 9. The summed E-state index contributed by atoms with van der Waals surface area (Å²) in [6.45, 7) is 18.7. The molecule has 0 radical (unpaired) electrons. The van der Waals surface area contributed by atoms with E-state index in [4.69, 9.17) is 28.4 Å². The summed E-state index contributed by atoms with van der Waals surface area (Å²) >= 11 is 0. The molecule has 3 heterocycles. The Morgan fingerprint density at radius 3 is 2.02 bits per heavy atom. The maximum absolute atomic E-state index is 15.0. The van der Waals surface area contributed by atoms with Crippen LogP contribution in [0.3, 0.4) is 0 Å². The Hall–Kier alpha value is -1.68. The summed E-state index contributed by atoms with van der Waals surface area (Å²) in [5, 5.41) is 97.3. The molecule has 8 rings (SSSR count). The number of aliphatic carboxylic acids is 1. The van der Waals surface area contributed by atoms with Gasteiger partial charge in [0.2, 0.25) is 0 Å². The molecule has 3 saturated heterocycles. The van der Waals surface area contributed by atoms with Gasteiger partial charge in [0.05, 0.1) is 24.9 Å². The van der Waals surface area contributed by atoms with Gasteiger partial charge in [-0.3, -0.25) is 4.79 Å². The van der Waals surface area contributed by atoms with E-state index in [1.54, 1.807) is 0 Å². The zero-order valence-electron chi connectivity index (χ0n) is 38.8. The highest BCUT2D eigenvalue weighted by Gasteiger charge is 2.71. The Morgan fingerprint density at radius 2 is 1.34 bits per heavy atom. The summed E-state index contributed by atoms with van der Waals surface area (Å²) in [7, 11) is 0. The van der Waals surface area contributed by atoms with Crippen molar-refractivity contribution in [3.8, 4) is 0 Å². The van der Waals surface area contributed by atoms with Gasteiger partial charge in [-0.15, -0.1) is 0 Å². The van der Waals surface area contributed by atoms with Gasteiger partial charge in [0.25, 0.3) is 0 Å². The largest absolute Gasteiger partial charge is 0.479 e. The Morgan fingerprint density at radius 1 is 0.688 bits per heavy atom.